The molecule has 0 fully saturated rings. The van der Waals surface area contributed by atoms with Gasteiger partial charge in [0, 0.05) is 6.42 Å². The van der Waals surface area contributed by atoms with Crippen LogP contribution in [-0.4, -0.2) is 40.8 Å². The number of ether oxygens (including phenoxy) is 1. The number of Topliss-reactive ketones (excluding diaryl/α,β-unsaturated/α-hetero) is 1. The Hall–Kier alpha value is -2.57. The number of hydrogen-bond donors (Lipinski definition) is 2. The van der Waals surface area contributed by atoms with Crippen LogP contribution in [0.15, 0.2) is 60.7 Å². The zero-order chi connectivity index (χ0) is 20.8. The molecule has 1 atom stereocenters. The number of nitrogens with one attached hydrogen (secondary N) is 1. The summed E-state index contributed by atoms with van der Waals surface area (Å²) in [6.45, 7) is 0.102. The fourth-order valence-corrected chi connectivity index (χ4v) is 2.28. The lowest BCUT2D eigenvalue weighted by atomic mass is 10.1. The normalized spacial score (nSPS) is 10.8. The highest BCUT2D eigenvalue weighted by molar-refractivity contribution is 6.35. The molecule has 2 aromatic carbocycles. The van der Waals surface area contributed by atoms with Crippen molar-refractivity contribution in [1.29, 1.82) is 0 Å². The molecule has 0 spiro atoms. The Morgan fingerprint density at radius 2 is 1.39 bits per heavy atom. The highest BCUT2D eigenvalue weighted by Crippen LogP contribution is 2.05. The SMILES string of the molecule is O=C(CCl)CCl.O=C(NC(Cc1ccccc1)C(=O)O)OCc1ccccc1. The van der Waals surface area contributed by atoms with Crippen LogP contribution in [0.2, 0.25) is 0 Å². The van der Waals surface area contributed by atoms with Crippen molar-refractivity contribution in [3.05, 3.63) is 71.8 Å². The van der Waals surface area contributed by atoms with Crippen molar-refractivity contribution in [2.45, 2.75) is 19.1 Å². The molecular formula is C20H21Cl2NO5. The molecule has 0 radical (unpaired) electrons. The summed E-state index contributed by atoms with van der Waals surface area (Å²) < 4.78 is 5.03. The van der Waals surface area contributed by atoms with Crippen LogP contribution in [0.4, 0.5) is 4.79 Å². The Bertz CT molecular complexity index is 735. The number of hydrogen-bond acceptors (Lipinski definition) is 4. The first-order chi connectivity index (χ1) is 13.5. The minimum atomic E-state index is -1.10. The number of alkyl halides is 2. The molecule has 0 aromatic heterocycles. The predicted molar refractivity (Wildman–Crippen MR) is 108 cm³/mol. The molecule has 6 nitrogen and oxygen atoms in total. The van der Waals surface area contributed by atoms with Crippen LogP contribution >= 0.6 is 23.2 Å². The molecule has 2 N–H and O–H groups in total. The quantitative estimate of drug-likeness (QED) is 0.629. The van der Waals surface area contributed by atoms with Gasteiger partial charge in [0.25, 0.3) is 0 Å². The van der Waals surface area contributed by atoms with E-state index >= 15 is 0 Å². The molecule has 28 heavy (non-hydrogen) atoms. The minimum Gasteiger partial charge on any atom is -0.480 e. The Morgan fingerprint density at radius 3 is 1.82 bits per heavy atom. The molecule has 0 aliphatic carbocycles. The van der Waals surface area contributed by atoms with Crippen molar-refractivity contribution in [3.8, 4) is 0 Å². The number of carboxylic acid groups (broad SMARTS) is 1. The van der Waals surface area contributed by atoms with Crippen LogP contribution in [0.25, 0.3) is 0 Å². The molecule has 0 heterocycles. The second kappa shape index (κ2) is 13.6. The van der Waals surface area contributed by atoms with E-state index < -0.39 is 18.1 Å². The van der Waals surface area contributed by atoms with E-state index in [9.17, 15) is 19.5 Å². The highest BCUT2D eigenvalue weighted by atomic mass is 35.5. The molecule has 150 valence electrons. The summed E-state index contributed by atoms with van der Waals surface area (Å²) in [6.07, 6.45) is -0.538. The first-order valence-electron chi connectivity index (χ1n) is 8.33. The highest BCUT2D eigenvalue weighted by Gasteiger charge is 2.21. The van der Waals surface area contributed by atoms with Crippen molar-refractivity contribution >= 4 is 41.0 Å². The number of alkyl carbamates (subject to hydrolysis) is 1. The Balaban J connectivity index is 0.000000568. The van der Waals surface area contributed by atoms with E-state index in [-0.39, 0.29) is 30.6 Å². The smallest absolute Gasteiger partial charge is 0.408 e. The molecule has 0 aliphatic heterocycles. The van der Waals surface area contributed by atoms with E-state index in [0.717, 1.165) is 11.1 Å². The van der Waals surface area contributed by atoms with Gasteiger partial charge in [-0.1, -0.05) is 60.7 Å². The van der Waals surface area contributed by atoms with E-state index in [1.54, 1.807) is 0 Å². The summed E-state index contributed by atoms with van der Waals surface area (Å²) in [5.41, 5.74) is 1.67. The van der Waals surface area contributed by atoms with Crippen molar-refractivity contribution in [1.82, 2.24) is 5.32 Å². The molecule has 0 saturated heterocycles. The molecule has 1 unspecified atom stereocenters. The van der Waals surface area contributed by atoms with Crippen LogP contribution in [0.5, 0.6) is 0 Å². The zero-order valence-electron chi connectivity index (χ0n) is 15.0. The second-order valence-electron chi connectivity index (χ2n) is 5.59. The number of amides is 1. The number of aliphatic carboxylic acids is 1. The molecule has 0 bridgehead atoms. The number of rotatable bonds is 8. The van der Waals surface area contributed by atoms with Crippen molar-refractivity contribution in [3.63, 3.8) is 0 Å². The number of benzene rings is 2. The summed E-state index contributed by atoms with van der Waals surface area (Å²) in [7, 11) is 0. The molecule has 8 heteroatoms. The monoisotopic (exact) mass is 425 g/mol. The average Bonchev–Trinajstić information content (AvgIpc) is 2.73. The van der Waals surface area contributed by atoms with Gasteiger partial charge in [-0.25, -0.2) is 9.59 Å². The van der Waals surface area contributed by atoms with Gasteiger partial charge in [-0.2, -0.15) is 0 Å². The lowest BCUT2D eigenvalue weighted by Crippen LogP contribution is -2.42. The van der Waals surface area contributed by atoms with E-state index in [4.69, 9.17) is 27.9 Å². The van der Waals surface area contributed by atoms with E-state index in [1.165, 1.54) is 0 Å². The molecular weight excluding hydrogens is 405 g/mol. The summed E-state index contributed by atoms with van der Waals surface area (Å²) in [5, 5.41) is 11.6. The van der Waals surface area contributed by atoms with Gasteiger partial charge < -0.3 is 15.2 Å². The van der Waals surface area contributed by atoms with E-state index in [1.807, 2.05) is 60.7 Å². The van der Waals surface area contributed by atoms with Gasteiger partial charge in [-0.05, 0) is 11.1 Å². The van der Waals surface area contributed by atoms with Crippen molar-refractivity contribution < 1.29 is 24.2 Å². The second-order valence-corrected chi connectivity index (χ2v) is 6.13. The summed E-state index contributed by atoms with van der Waals surface area (Å²) in [4.78, 5) is 32.9. The maximum Gasteiger partial charge on any atom is 0.408 e. The van der Waals surface area contributed by atoms with Gasteiger partial charge >= 0.3 is 12.1 Å². The molecule has 2 rings (SSSR count). The Labute approximate surface area is 173 Å². The third-order valence-electron chi connectivity index (χ3n) is 3.38. The van der Waals surface area contributed by atoms with Crippen LogP contribution in [-0.2, 0) is 27.4 Å². The van der Waals surface area contributed by atoms with Gasteiger partial charge in [-0.15, -0.1) is 23.2 Å². The van der Waals surface area contributed by atoms with Gasteiger partial charge in [-0.3, -0.25) is 4.79 Å². The van der Waals surface area contributed by atoms with Crippen molar-refractivity contribution in [2.24, 2.45) is 0 Å². The van der Waals surface area contributed by atoms with Crippen LogP contribution < -0.4 is 5.32 Å². The topological polar surface area (TPSA) is 92.7 Å². The largest absolute Gasteiger partial charge is 0.480 e. The Kier molecular flexibility index (Phi) is 11.4. The maximum atomic E-state index is 11.7. The first kappa shape index (κ1) is 23.5. The Morgan fingerprint density at radius 1 is 0.893 bits per heavy atom. The maximum absolute atomic E-state index is 11.7. The van der Waals surface area contributed by atoms with Gasteiger partial charge in [0.1, 0.15) is 12.6 Å². The van der Waals surface area contributed by atoms with E-state index in [2.05, 4.69) is 5.32 Å². The first-order valence-corrected chi connectivity index (χ1v) is 9.40. The standard InChI is InChI=1S/C17H17NO4.C3H4Cl2O/c19-16(20)15(11-13-7-3-1-4-8-13)18-17(21)22-12-14-9-5-2-6-10-14;4-1-3(6)2-5/h1-10,15H,11-12H2,(H,18,21)(H,19,20);1-2H2. The minimum absolute atomic E-state index is 0.0312. The van der Waals surface area contributed by atoms with Crippen LogP contribution in [0, 0.1) is 0 Å². The number of carbonyl (C=O) groups is 3. The number of carboxylic acids is 1. The lowest BCUT2D eigenvalue weighted by Gasteiger charge is -2.14. The van der Waals surface area contributed by atoms with Crippen LogP contribution in [0.3, 0.4) is 0 Å². The fraction of sp³-hybridized carbons (Fsp3) is 0.250. The summed E-state index contributed by atoms with van der Waals surface area (Å²) >= 11 is 10.0. The predicted octanol–water partition coefficient (Wildman–Crippen LogP) is 3.64. The molecule has 0 saturated carbocycles. The third-order valence-corrected chi connectivity index (χ3v) is 3.98. The summed E-state index contributed by atoms with van der Waals surface area (Å²) in [6, 6.07) is 17.3. The number of halogens is 2. The van der Waals surface area contributed by atoms with Gasteiger partial charge in [0.2, 0.25) is 0 Å². The molecule has 0 aliphatic rings. The van der Waals surface area contributed by atoms with E-state index in [0.29, 0.717) is 0 Å². The zero-order valence-corrected chi connectivity index (χ0v) is 16.5. The summed E-state index contributed by atoms with van der Waals surface area (Å²) in [5.74, 6) is -1.16. The average molecular weight is 426 g/mol. The van der Waals surface area contributed by atoms with Crippen molar-refractivity contribution in [2.75, 3.05) is 11.8 Å². The lowest BCUT2D eigenvalue weighted by molar-refractivity contribution is -0.139. The fourth-order valence-electron chi connectivity index (χ4n) is 1.99. The van der Waals surface area contributed by atoms with Gasteiger partial charge in [0.15, 0.2) is 5.78 Å². The third kappa shape index (κ3) is 9.94. The molecule has 2 aromatic rings. The van der Waals surface area contributed by atoms with Crippen LogP contribution in [0.1, 0.15) is 11.1 Å². The number of carbonyl (C=O) groups excluding carboxylic acids is 2. The molecule has 1 amide bonds. The van der Waals surface area contributed by atoms with Gasteiger partial charge in [0.05, 0.1) is 11.8 Å². The number of ketones is 1.